The Kier molecular flexibility index (Phi) is 9.10. The summed E-state index contributed by atoms with van der Waals surface area (Å²) in [6.45, 7) is 3.82. The average molecular weight is 458 g/mol. The number of ether oxygens (including phenoxy) is 1. The van der Waals surface area contributed by atoms with Crippen LogP contribution >= 0.6 is 11.3 Å². The standard InChI is InChI=1S/C24H31N3O4S/c1-2-3-4-5-15-31-20-12-10-18(11-13-20)22(28)25-26-23(29)19-8-6-14-27(17-19)24(30)21-9-7-16-32-21/h7,9-13,16,19H,2-6,8,14-15,17H2,1H3,(H,25,28)(H,26,29). The summed E-state index contributed by atoms with van der Waals surface area (Å²) in [5.74, 6) is -0.352. The number of unbranched alkanes of at least 4 members (excludes halogenated alkanes) is 3. The van der Waals surface area contributed by atoms with Gasteiger partial charge in [0.1, 0.15) is 5.75 Å². The zero-order valence-corrected chi connectivity index (χ0v) is 19.3. The molecule has 0 saturated carbocycles. The Morgan fingerprint density at radius 3 is 2.62 bits per heavy atom. The van der Waals surface area contributed by atoms with Gasteiger partial charge in [-0.2, -0.15) is 0 Å². The van der Waals surface area contributed by atoms with Crippen LogP contribution in [0.4, 0.5) is 0 Å². The molecule has 7 nitrogen and oxygen atoms in total. The predicted molar refractivity (Wildman–Crippen MR) is 125 cm³/mol. The number of likely N-dealkylation sites (tertiary alicyclic amines) is 1. The maximum atomic E-state index is 12.6. The third kappa shape index (κ3) is 6.82. The van der Waals surface area contributed by atoms with Crippen molar-refractivity contribution < 1.29 is 19.1 Å². The van der Waals surface area contributed by atoms with Crippen molar-refractivity contribution in [1.29, 1.82) is 0 Å². The number of carbonyl (C=O) groups is 3. The minimum atomic E-state index is -0.393. The van der Waals surface area contributed by atoms with Crippen LogP contribution in [0.5, 0.6) is 5.75 Å². The Hall–Kier alpha value is -2.87. The van der Waals surface area contributed by atoms with Gasteiger partial charge in [0.25, 0.3) is 11.8 Å². The van der Waals surface area contributed by atoms with Gasteiger partial charge in [-0.3, -0.25) is 25.2 Å². The zero-order chi connectivity index (χ0) is 22.8. The van der Waals surface area contributed by atoms with E-state index in [1.165, 1.54) is 24.2 Å². The molecule has 3 rings (SSSR count). The molecule has 172 valence electrons. The number of benzene rings is 1. The van der Waals surface area contributed by atoms with Gasteiger partial charge in [-0.05, 0) is 55.0 Å². The summed E-state index contributed by atoms with van der Waals surface area (Å²) in [6, 6.07) is 10.5. The number of nitrogens with one attached hydrogen (secondary N) is 2. The molecule has 3 amide bonds. The minimum Gasteiger partial charge on any atom is -0.494 e. The molecule has 0 spiro atoms. The lowest BCUT2D eigenvalue weighted by Gasteiger charge is -2.31. The van der Waals surface area contributed by atoms with Gasteiger partial charge >= 0.3 is 0 Å². The molecule has 0 radical (unpaired) electrons. The highest BCUT2D eigenvalue weighted by atomic mass is 32.1. The van der Waals surface area contributed by atoms with E-state index in [9.17, 15) is 14.4 Å². The molecule has 1 aromatic carbocycles. The minimum absolute atomic E-state index is 0.0470. The molecular weight excluding hydrogens is 426 g/mol. The zero-order valence-electron chi connectivity index (χ0n) is 18.5. The predicted octanol–water partition coefficient (Wildman–Crippen LogP) is 4.02. The summed E-state index contributed by atoms with van der Waals surface area (Å²) in [7, 11) is 0. The van der Waals surface area contributed by atoms with E-state index in [2.05, 4.69) is 17.8 Å². The third-order valence-electron chi connectivity index (χ3n) is 5.49. The van der Waals surface area contributed by atoms with Crippen molar-refractivity contribution >= 4 is 29.1 Å². The topological polar surface area (TPSA) is 87.7 Å². The fourth-order valence-electron chi connectivity index (χ4n) is 3.65. The summed E-state index contributed by atoms with van der Waals surface area (Å²) in [5, 5.41) is 1.86. The number of hydrogen-bond acceptors (Lipinski definition) is 5. The van der Waals surface area contributed by atoms with Crippen LogP contribution in [0.25, 0.3) is 0 Å². The summed E-state index contributed by atoms with van der Waals surface area (Å²) in [6.07, 6.45) is 5.99. The first kappa shape index (κ1) is 23.8. The lowest BCUT2D eigenvalue weighted by atomic mass is 9.97. The number of hydrazine groups is 1. The normalized spacial score (nSPS) is 15.8. The summed E-state index contributed by atoms with van der Waals surface area (Å²) >= 11 is 1.40. The first-order chi connectivity index (χ1) is 15.6. The van der Waals surface area contributed by atoms with E-state index in [0.717, 1.165) is 25.0 Å². The maximum Gasteiger partial charge on any atom is 0.269 e. The highest BCUT2D eigenvalue weighted by Crippen LogP contribution is 2.20. The molecule has 0 aliphatic carbocycles. The van der Waals surface area contributed by atoms with E-state index in [-0.39, 0.29) is 17.7 Å². The van der Waals surface area contributed by atoms with Crippen LogP contribution in [0, 0.1) is 5.92 Å². The van der Waals surface area contributed by atoms with Crippen molar-refractivity contribution in [3.63, 3.8) is 0 Å². The summed E-state index contributed by atoms with van der Waals surface area (Å²) in [4.78, 5) is 39.9. The molecule has 0 bridgehead atoms. The Morgan fingerprint density at radius 1 is 1.09 bits per heavy atom. The Labute approximate surface area is 193 Å². The third-order valence-corrected chi connectivity index (χ3v) is 6.35. The number of rotatable bonds is 9. The molecule has 1 fully saturated rings. The van der Waals surface area contributed by atoms with Crippen LogP contribution in [0.3, 0.4) is 0 Å². The highest BCUT2D eigenvalue weighted by Gasteiger charge is 2.29. The lowest BCUT2D eigenvalue weighted by Crippen LogP contribution is -2.50. The number of hydrogen-bond donors (Lipinski definition) is 2. The van der Waals surface area contributed by atoms with Crippen LogP contribution in [0.2, 0.25) is 0 Å². The Bertz CT molecular complexity index is 883. The van der Waals surface area contributed by atoms with Gasteiger partial charge in [-0.15, -0.1) is 11.3 Å². The fraction of sp³-hybridized carbons (Fsp3) is 0.458. The number of piperidine rings is 1. The first-order valence-electron chi connectivity index (χ1n) is 11.2. The van der Waals surface area contributed by atoms with Gasteiger partial charge in [0.15, 0.2) is 0 Å². The van der Waals surface area contributed by atoms with Crippen molar-refractivity contribution in [3.8, 4) is 5.75 Å². The van der Waals surface area contributed by atoms with E-state index in [1.807, 2.05) is 11.4 Å². The number of amides is 3. The lowest BCUT2D eigenvalue weighted by molar-refractivity contribution is -0.127. The molecule has 32 heavy (non-hydrogen) atoms. The molecule has 2 heterocycles. The van der Waals surface area contributed by atoms with E-state index >= 15 is 0 Å². The van der Waals surface area contributed by atoms with Crippen molar-refractivity contribution in [2.24, 2.45) is 5.92 Å². The molecule has 1 unspecified atom stereocenters. The monoisotopic (exact) mass is 457 g/mol. The molecule has 8 heteroatoms. The quantitative estimate of drug-likeness (QED) is 0.440. The molecule has 2 N–H and O–H groups in total. The van der Waals surface area contributed by atoms with E-state index < -0.39 is 5.91 Å². The van der Waals surface area contributed by atoms with Gasteiger partial charge in [-0.25, -0.2) is 0 Å². The van der Waals surface area contributed by atoms with Gasteiger partial charge < -0.3 is 9.64 Å². The SMILES string of the molecule is CCCCCCOc1ccc(C(=O)NNC(=O)C2CCCN(C(=O)c3cccs3)C2)cc1. The second-order valence-electron chi connectivity index (χ2n) is 7.94. The van der Waals surface area contributed by atoms with Crippen molar-refractivity contribution in [2.45, 2.75) is 45.4 Å². The molecule has 1 saturated heterocycles. The second-order valence-corrected chi connectivity index (χ2v) is 8.89. The van der Waals surface area contributed by atoms with Crippen LogP contribution in [-0.2, 0) is 4.79 Å². The molecule has 2 aromatic rings. The van der Waals surface area contributed by atoms with Gasteiger partial charge in [-0.1, -0.05) is 32.3 Å². The first-order valence-corrected chi connectivity index (χ1v) is 12.1. The van der Waals surface area contributed by atoms with E-state index in [4.69, 9.17) is 4.74 Å². The van der Waals surface area contributed by atoms with Crippen LogP contribution in [0.15, 0.2) is 41.8 Å². The van der Waals surface area contributed by atoms with E-state index in [1.54, 1.807) is 35.2 Å². The molecule has 1 aromatic heterocycles. The van der Waals surface area contributed by atoms with Gasteiger partial charge in [0.05, 0.1) is 17.4 Å². The average Bonchev–Trinajstić information content (AvgIpc) is 3.37. The van der Waals surface area contributed by atoms with Crippen molar-refractivity contribution in [1.82, 2.24) is 15.8 Å². The fourth-order valence-corrected chi connectivity index (χ4v) is 4.34. The smallest absolute Gasteiger partial charge is 0.269 e. The van der Waals surface area contributed by atoms with Gasteiger partial charge in [0.2, 0.25) is 5.91 Å². The number of thiophene rings is 1. The molecule has 1 atom stereocenters. The molecular formula is C24H31N3O4S. The van der Waals surface area contributed by atoms with Crippen LogP contribution < -0.4 is 15.6 Å². The van der Waals surface area contributed by atoms with Crippen molar-refractivity contribution in [2.75, 3.05) is 19.7 Å². The van der Waals surface area contributed by atoms with Crippen molar-refractivity contribution in [3.05, 3.63) is 52.2 Å². The number of nitrogens with zero attached hydrogens (tertiary/aromatic N) is 1. The van der Waals surface area contributed by atoms with Crippen LogP contribution in [-0.4, -0.2) is 42.3 Å². The Morgan fingerprint density at radius 2 is 1.91 bits per heavy atom. The molecule has 1 aliphatic heterocycles. The highest BCUT2D eigenvalue weighted by molar-refractivity contribution is 7.12. The summed E-state index contributed by atoms with van der Waals surface area (Å²) < 4.78 is 5.69. The largest absolute Gasteiger partial charge is 0.494 e. The van der Waals surface area contributed by atoms with Crippen LogP contribution in [0.1, 0.15) is 65.5 Å². The second kappa shape index (κ2) is 12.2. The van der Waals surface area contributed by atoms with Gasteiger partial charge in [0, 0.05) is 18.7 Å². The summed E-state index contributed by atoms with van der Waals surface area (Å²) in [5.41, 5.74) is 5.41. The maximum absolute atomic E-state index is 12.6. The molecule has 1 aliphatic rings. The number of carbonyl (C=O) groups excluding carboxylic acids is 3. The van der Waals surface area contributed by atoms with E-state index in [0.29, 0.717) is 36.6 Å². The Balaban J connectivity index is 1.43.